The van der Waals surface area contributed by atoms with E-state index in [-0.39, 0.29) is 23.7 Å². The first-order valence-corrected chi connectivity index (χ1v) is 16.3. The second-order valence-corrected chi connectivity index (χ2v) is 14.1. The molecule has 0 spiro atoms. The molecule has 0 unspecified atom stereocenters. The van der Waals surface area contributed by atoms with Gasteiger partial charge in [-0.2, -0.15) is 0 Å². The lowest BCUT2D eigenvalue weighted by molar-refractivity contribution is -0.0150. The average Bonchev–Trinajstić information content (AvgIpc) is 2.92. The lowest BCUT2D eigenvalue weighted by atomic mass is 9.78. The van der Waals surface area contributed by atoms with Gasteiger partial charge in [0.15, 0.2) is 9.84 Å². The van der Waals surface area contributed by atoms with Crippen LogP contribution < -0.4 is 14.4 Å². The van der Waals surface area contributed by atoms with Crippen LogP contribution in [0.2, 0.25) is 0 Å². The number of pyridine rings is 1. The smallest absolute Gasteiger partial charge is 0.226 e. The van der Waals surface area contributed by atoms with Crippen molar-refractivity contribution < 1.29 is 27.4 Å². The van der Waals surface area contributed by atoms with Gasteiger partial charge in [0.05, 0.1) is 30.3 Å². The first-order valence-electron chi connectivity index (χ1n) is 14.3. The highest BCUT2D eigenvalue weighted by Gasteiger charge is 2.32. The number of halogens is 1. The van der Waals surface area contributed by atoms with Gasteiger partial charge in [0.25, 0.3) is 0 Å². The zero-order valence-corrected chi connectivity index (χ0v) is 25.0. The van der Waals surface area contributed by atoms with Crippen LogP contribution in [0, 0.1) is 11.7 Å². The molecule has 0 amide bonds. The van der Waals surface area contributed by atoms with E-state index in [1.54, 1.807) is 12.3 Å². The molecular formula is C30H39FN4O5S. The fraction of sp³-hybridized carbons (Fsp3) is 0.567. The summed E-state index contributed by atoms with van der Waals surface area (Å²) in [6.07, 6.45) is 8.93. The number of hydrogen-bond donors (Lipinski definition) is 1. The molecule has 1 aliphatic heterocycles. The maximum Gasteiger partial charge on any atom is 0.226 e. The van der Waals surface area contributed by atoms with Gasteiger partial charge in [-0.25, -0.2) is 27.8 Å². The maximum atomic E-state index is 15.1. The minimum Gasteiger partial charge on any atom is -0.488 e. The highest BCUT2D eigenvalue weighted by Crippen LogP contribution is 2.39. The molecular weight excluding hydrogens is 547 g/mol. The molecule has 5 rings (SSSR count). The van der Waals surface area contributed by atoms with Crippen LogP contribution in [0.3, 0.4) is 0 Å². The summed E-state index contributed by atoms with van der Waals surface area (Å²) in [7, 11) is -1.94. The molecule has 1 N–H and O–H groups in total. The van der Waals surface area contributed by atoms with Crippen molar-refractivity contribution in [1.29, 1.82) is 0 Å². The normalized spacial score (nSPS) is 20.3. The Morgan fingerprint density at radius 2 is 1.78 bits per heavy atom. The Labute approximate surface area is 241 Å². The van der Waals surface area contributed by atoms with Crippen LogP contribution in [0.5, 0.6) is 11.6 Å². The van der Waals surface area contributed by atoms with Crippen LogP contribution in [0.1, 0.15) is 64.4 Å². The van der Waals surface area contributed by atoms with Gasteiger partial charge in [-0.05, 0) is 76.8 Å². The summed E-state index contributed by atoms with van der Waals surface area (Å²) in [5.74, 6) is 0.544. The lowest BCUT2D eigenvalue weighted by Gasteiger charge is -2.35. The second kappa shape index (κ2) is 11.7. The Bertz CT molecular complexity index is 1510. The van der Waals surface area contributed by atoms with E-state index in [0.29, 0.717) is 39.4 Å². The molecule has 0 radical (unpaired) electrons. The number of piperidine rings is 1. The maximum absolute atomic E-state index is 15.1. The minimum atomic E-state index is -3.38. The van der Waals surface area contributed by atoms with Gasteiger partial charge in [0.1, 0.15) is 17.1 Å². The molecule has 222 valence electrons. The summed E-state index contributed by atoms with van der Waals surface area (Å²) in [6, 6.07) is 4.46. The number of rotatable bonds is 8. The number of aliphatic hydroxyl groups is 1. The van der Waals surface area contributed by atoms with E-state index in [4.69, 9.17) is 19.4 Å². The number of aromatic nitrogens is 3. The number of fused-ring (bicyclic) bond motifs is 1. The van der Waals surface area contributed by atoms with Crippen LogP contribution in [-0.2, 0) is 15.6 Å². The first kappa shape index (κ1) is 29.4. The fourth-order valence-electron chi connectivity index (χ4n) is 5.96. The number of anilines is 1. The SMILES string of the molecule is COc1ncc(-c2nc(N3CCCCC3)nc3c(OC4CCC(C(C)(C)O)CC4)cc(F)cc23)cc1CS(C)(=O)=O. The molecule has 3 heterocycles. The first-order chi connectivity index (χ1) is 19.4. The molecule has 9 nitrogen and oxygen atoms in total. The summed E-state index contributed by atoms with van der Waals surface area (Å²) < 4.78 is 51.2. The molecule has 1 aliphatic carbocycles. The minimum absolute atomic E-state index is 0.125. The standard InChI is InChI=1S/C30H39FN4O5S/c1-30(2,36)21-8-10-23(11-9-21)40-25-16-22(31)15-24-26(33-29(34-27(24)25)35-12-6-5-7-13-35)19-14-20(18-41(4,37)38)28(39-3)32-17-19/h14-17,21,23,36H,5-13,18H2,1-4H3. The van der Waals surface area contributed by atoms with Crippen molar-refractivity contribution in [2.45, 2.75) is 76.3 Å². The van der Waals surface area contributed by atoms with Crippen LogP contribution in [0.4, 0.5) is 10.3 Å². The third-order valence-electron chi connectivity index (χ3n) is 8.13. The van der Waals surface area contributed by atoms with E-state index in [9.17, 15) is 13.5 Å². The van der Waals surface area contributed by atoms with E-state index < -0.39 is 21.3 Å². The van der Waals surface area contributed by atoms with Gasteiger partial charge in [-0.1, -0.05) is 0 Å². The molecule has 3 aromatic rings. The van der Waals surface area contributed by atoms with Crippen LogP contribution in [0.25, 0.3) is 22.2 Å². The van der Waals surface area contributed by atoms with E-state index >= 15 is 4.39 Å². The summed E-state index contributed by atoms with van der Waals surface area (Å²) in [6.45, 7) is 5.30. The van der Waals surface area contributed by atoms with Gasteiger partial charge < -0.3 is 19.5 Å². The van der Waals surface area contributed by atoms with E-state index in [0.717, 1.165) is 64.3 Å². The van der Waals surface area contributed by atoms with Crippen molar-refractivity contribution in [2.24, 2.45) is 5.92 Å². The molecule has 2 aromatic heterocycles. The largest absolute Gasteiger partial charge is 0.488 e. The summed E-state index contributed by atoms with van der Waals surface area (Å²) in [5.41, 5.74) is 1.15. The number of hydrogen-bond acceptors (Lipinski definition) is 9. The molecule has 1 aromatic carbocycles. The van der Waals surface area contributed by atoms with Gasteiger partial charge in [0.2, 0.25) is 11.8 Å². The molecule has 0 atom stereocenters. The van der Waals surface area contributed by atoms with Gasteiger partial charge in [-0.3, -0.25) is 0 Å². The molecule has 2 aliphatic rings. The van der Waals surface area contributed by atoms with E-state index in [1.165, 1.54) is 19.2 Å². The van der Waals surface area contributed by atoms with Crippen molar-refractivity contribution in [3.8, 4) is 22.9 Å². The van der Waals surface area contributed by atoms with Gasteiger partial charge in [0, 0.05) is 48.1 Å². The topological polar surface area (TPSA) is 115 Å². The quantitative estimate of drug-likeness (QED) is 0.386. The number of nitrogens with zero attached hydrogens (tertiary/aromatic N) is 4. The fourth-order valence-corrected chi connectivity index (χ4v) is 6.74. The van der Waals surface area contributed by atoms with Crippen molar-refractivity contribution in [3.05, 3.63) is 35.8 Å². The van der Waals surface area contributed by atoms with Crippen molar-refractivity contribution in [3.63, 3.8) is 0 Å². The zero-order chi connectivity index (χ0) is 29.4. The van der Waals surface area contributed by atoms with Crippen molar-refractivity contribution in [1.82, 2.24) is 15.0 Å². The predicted octanol–water partition coefficient (Wildman–Crippen LogP) is 5.08. The second-order valence-electron chi connectivity index (χ2n) is 11.9. The molecule has 1 saturated carbocycles. The van der Waals surface area contributed by atoms with E-state index in [2.05, 4.69) is 9.88 Å². The highest BCUT2D eigenvalue weighted by atomic mass is 32.2. The molecule has 11 heteroatoms. The predicted molar refractivity (Wildman–Crippen MR) is 157 cm³/mol. The number of methoxy groups -OCH3 is 1. The van der Waals surface area contributed by atoms with Crippen molar-refractivity contribution in [2.75, 3.05) is 31.4 Å². The molecule has 0 bridgehead atoms. The average molecular weight is 587 g/mol. The Kier molecular flexibility index (Phi) is 8.39. The number of ether oxygens (including phenoxy) is 2. The summed E-state index contributed by atoms with van der Waals surface area (Å²) in [4.78, 5) is 16.3. The monoisotopic (exact) mass is 586 g/mol. The van der Waals surface area contributed by atoms with E-state index in [1.807, 2.05) is 13.8 Å². The van der Waals surface area contributed by atoms with Crippen LogP contribution in [0.15, 0.2) is 24.4 Å². The number of sulfone groups is 1. The Morgan fingerprint density at radius 3 is 2.41 bits per heavy atom. The lowest BCUT2D eigenvalue weighted by Crippen LogP contribution is -2.36. The Morgan fingerprint density at radius 1 is 1.07 bits per heavy atom. The zero-order valence-electron chi connectivity index (χ0n) is 24.2. The molecule has 1 saturated heterocycles. The number of benzene rings is 1. The summed E-state index contributed by atoms with van der Waals surface area (Å²) in [5, 5.41) is 10.9. The third kappa shape index (κ3) is 6.89. The van der Waals surface area contributed by atoms with Crippen molar-refractivity contribution >= 4 is 26.7 Å². The summed E-state index contributed by atoms with van der Waals surface area (Å²) >= 11 is 0. The third-order valence-corrected chi connectivity index (χ3v) is 8.97. The highest BCUT2D eigenvalue weighted by molar-refractivity contribution is 7.89. The van der Waals surface area contributed by atoms with Crippen LogP contribution >= 0.6 is 0 Å². The Hall–Kier alpha value is -3.05. The van der Waals surface area contributed by atoms with Gasteiger partial charge in [-0.15, -0.1) is 0 Å². The molecule has 41 heavy (non-hydrogen) atoms. The van der Waals surface area contributed by atoms with Crippen LogP contribution in [-0.4, -0.2) is 66.6 Å². The molecule has 2 fully saturated rings. The Balaban J connectivity index is 1.61. The van der Waals surface area contributed by atoms with Gasteiger partial charge >= 0.3 is 0 Å².